The molecule has 0 aliphatic rings. The van der Waals surface area contributed by atoms with E-state index in [1.165, 1.54) is 20.3 Å². The second kappa shape index (κ2) is 7.48. The summed E-state index contributed by atoms with van der Waals surface area (Å²) >= 11 is 0. The molecular weight excluding hydrogens is 371 g/mol. The predicted molar refractivity (Wildman–Crippen MR) is 97.2 cm³/mol. The molecule has 0 radical (unpaired) electrons. The molecule has 0 fully saturated rings. The fraction of sp³-hybridized carbons (Fsp3) is 0.100. The lowest BCUT2D eigenvalue weighted by Gasteiger charge is -2.15. The molecule has 0 aliphatic carbocycles. The Morgan fingerprint density at radius 1 is 1.00 bits per heavy atom. The van der Waals surface area contributed by atoms with E-state index in [1.54, 1.807) is 18.2 Å². The van der Waals surface area contributed by atoms with E-state index in [2.05, 4.69) is 4.98 Å². The van der Waals surface area contributed by atoms with Gasteiger partial charge in [-0.1, -0.05) is 12.1 Å². The summed E-state index contributed by atoms with van der Waals surface area (Å²) in [7, 11) is 2.90. The van der Waals surface area contributed by atoms with E-state index in [1.807, 2.05) is 6.07 Å². The van der Waals surface area contributed by atoms with Crippen LogP contribution >= 0.6 is 0 Å². The maximum absolute atomic E-state index is 13.6. The van der Waals surface area contributed by atoms with Crippen LogP contribution in [0.4, 0.5) is 19.0 Å². The number of hydrogen-bond acceptors (Lipinski definition) is 5. The van der Waals surface area contributed by atoms with Crippen molar-refractivity contribution in [2.45, 2.75) is 0 Å². The molecule has 0 bridgehead atoms. The van der Waals surface area contributed by atoms with Gasteiger partial charge in [0.05, 0.1) is 19.9 Å². The highest BCUT2D eigenvalue weighted by Crippen LogP contribution is 2.41. The molecule has 3 rings (SSSR count). The van der Waals surface area contributed by atoms with Crippen LogP contribution in [0.5, 0.6) is 11.5 Å². The van der Waals surface area contributed by atoms with Crippen molar-refractivity contribution in [2.75, 3.05) is 20.0 Å². The molecule has 0 unspecified atom stereocenters. The third-order valence-electron chi connectivity index (χ3n) is 4.13. The second-order valence-electron chi connectivity index (χ2n) is 5.72. The Kier molecular flexibility index (Phi) is 5.09. The standard InChI is InChI=1S/C20H14F3N3O2/c1-27-17-5-3-4-11(19(17)28-2)12-8-16(26-20(25)13(12)9-24)10-6-14(21)18(23)15(22)7-10/h3-8H,1-2H3,(H2,25,26). The Hall–Kier alpha value is -3.73. The lowest BCUT2D eigenvalue weighted by atomic mass is 9.97. The van der Waals surface area contributed by atoms with E-state index in [9.17, 15) is 18.4 Å². The van der Waals surface area contributed by atoms with Crippen molar-refractivity contribution in [3.05, 3.63) is 59.4 Å². The Balaban J connectivity index is 2.31. The first-order valence-corrected chi connectivity index (χ1v) is 7.98. The zero-order chi connectivity index (χ0) is 20.4. The molecule has 0 atom stereocenters. The Bertz CT molecular complexity index is 1090. The number of rotatable bonds is 4. The van der Waals surface area contributed by atoms with Gasteiger partial charge in [0.15, 0.2) is 29.0 Å². The number of ether oxygens (including phenoxy) is 2. The number of pyridine rings is 1. The number of benzene rings is 2. The normalized spacial score (nSPS) is 10.4. The quantitative estimate of drug-likeness (QED) is 0.677. The molecule has 0 saturated heterocycles. The molecule has 0 amide bonds. The van der Waals surface area contributed by atoms with E-state index < -0.39 is 17.5 Å². The van der Waals surface area contributed by atoms with E-state index in [0.29, 0.717) is 22.6 Å². The average Bonchev–Trinajstić information content (AvgIpc) is 2.70. The molecule has 2 aromatic carbocycles. The molecule has 0 saturated carbocycles. The van der Waals surface area contributed by atoms with Gasteiger partial charge in [-0.15, -0.1) is 0 Å². The summed E-state index contributed by atoms with van der Waals surface area (Å²) < 4.78 is 51.2. The van der Waals surface area contributed by atoms with Crippen molar-refractivity contribution < 1.29 is 22.6 Å². The molecule has 8 heteroatoms. The highest BCUT2D eigenvalue weighted by atomic mass is 19.2. The molecule has 28 heavy (non-hydrogen) atoms. The first-order chi connectivity index (χ1) is 13.4. The minimum atomic E-state index is -1.58. The van der Waals surface area contributed by atoms with Crippen LogP contribution in [0.2, 0.25) is 0 Å². The van der Waals surface area contributed by atoms with Crippen LogP contribution in [0, 0.1) is 28.8 Å². The molecule has 3 aromatic rings. The zero-order valence-electron chi connectivity index (χ0n) is 14.9. The Morgan fingerprint density at radius 2 is 1.68 bits per heavy atom. The first kappa shape index (κ1) is 19.0. The van der Waals surface area contributed by atoms with E-state index in [4.69, 9.17) is 15.2 Å². The number of halogens is 3. The van der Waals surface area contributed by atoms with Crippen LogP contribution < -0.4 is 15.2 Å². The minimum absolute atomic E-state index is 0.0318. The monoisotopic (exact) mass is 385 g/mol. The van der Waals surface area contributed by atoms with Crippen LogP contribution in [0.25, 0.3) is 22.4 Å². The molecule has 0 aliphatic heterocycles. The maximum atomic E-state index is 13.6. The van der Waals surface area contributed by atoms with Crippen molar-refractivity contribution in [3.8, 4) is 40.0 Å². The number of anilines is 1. The van der Waals surface area contributed by atoms with Gasteiger partial charge in [-0.2, -0.15) is 5.26 Å². The van der Waals surface area contributed by atoms with Gasteiger partial charge in [0.25, 0.3) is 0 Å². The first-order valence-electron chi connectivity index (χ1n) is 7.98. The fourth-order valence-electron chi connectivity index (χ4n) is 2.85. The number of nitrogens with zero attached hydrogens (tertiary/aromatic N) is 2. The van der Waals surface area contributed by atoms with E-state index in [-0.39, 0.29) is 22.6 Å². The van der Waals surface area contributed by atoms with Gasteiger partial charge in [-0.05, 0) is 24.3 Å². The van der Waals surface area contributed by atoms with Gasteiger partial charge < -0.3 is 15.2 Å². The van der Waals surface area contributed by atoms with Gasteiger partial charge in [0, 0.05) is 16.7 Å². The van der Waals surface area contributed by atoms with Gasteiger partial charge in [0.2, 0.25) is 0 Å². The number of methoxy groups -OCH3 is 2. The summed E-state index contributed by atoms with van der Waals surface area (Å²) in [5.74, 6) is -3.69. The Labute approximate surface area is 158 Å². The number of para-hydroxylation sites is 1. The van der Waals surface area contributed by atoms with Gasteiger partial charge in [-0.3, -0.25) is 0 Å². The lowest BCUT2D eigenvalue weighted by molar-refractivity contribution is 0.356. The van der Waals surface area contributed by atoms with Crippen LogP contribution in [0.3, 0.4) is 0 Å². The number of nitrogen functional groups attached to an aromatic ring is 1. The summed E-state index contributed by atoms with van der Waals surface area (Å²) in [6.45, 7) is 0. The minimum Gasteiger partial charge on any atom is -0.493 e. The van der Waals surface area contributed by atoms with Crippen molar-refractivity contribution in [1.82, 2.24) is 4.98 Å². The van der Waals surface area contributed by atoms with Crippen molar-refractivity contribution >= 4 is 5.82 Å². The molecular formula is C20H14F3N3O2. The summed E-state index contributed by atoms with van der Waals surface area (Å²) in [5, 5.41) is 9.53. The molecule has 5 nitrogen and oxygen atoms in total. The van der Waals surface area contributed by atoms with Crippen LogP contribution in [-0.4, -0.2) is 19.2 Å². The Morgan fingerprint density at radius 3 is 2.25 bits per heavy atom. The average molecular weight is 385 g/mol. The van der Waals surface area contributed by atoms with Crippen LogP contribution in [-0.2, 0) is 0 Å². The third kappa shape index (κ3) is 3.18. The highest BCUT2D eigenvalue weighted by Gasteiger charge is 2.20. The summed E-state index contributed by atoms with van der Waals surface area (Å²) in [4.78, 5) is 4.04. The molecule has 2 N–H and O–H groups in total. The SMILES string of the molecule is COc1cccc(-c2cc(-c3cc(F)c(F)c(F)c3)nc(N)c2C#N)c1OC. The smallest absolute Gasteiger partial charge is 0.194 e. The van der Waals surface area contributed by atoms with Crippen molar-refractivity contribution in [1.29, 1.82) is 5.26 Å². The van der Waals surface area contributed by atoms with Crippen LogP contribution in [0.15, 0.2) is 36.4 Å². The predicted octanol–water partition coefficient (Wildman–Crippen LogP) is 4.30. The summed E-state index contributed by atoms with van der Waals surface area (Å²) in [6.07, 6.45) is 0. The number of nitriles is 1. The zero-order valence-corrected chi connectivity index (χ0v) is 14.9. The second-order valence-corrected chi connectivity index (χ2v) is 5.72. The van der Waals surface area contributed by atoms with E-state index >= 15 is 0 Å². The van der Waals surface area contributed by atoms with Gasteiger partial charge in [0.1, 0.15) is 17.5 Å². The van der Waals surface area contributed by atoms with Gasteiger partial charge >= 0.3 is 0 Å². The molecule has 142 valence electrons. The number of hydrogen-bond donors (Lipinski definition) is 1. The number of nitrogens with two attached hydrogens (primary N) is 1. The third-order valence-corrected chi connectivity index (χ3v) is 4.13. The van der Waals surface area contributed by atoms with Crippen molar-refractivity contribution in [3.63, 3.8) is 0 Å². The van der Waals surface area contributed by atoms with E-state index in [0.717, 1.165) is 12.1 Å². The summed E-state index contributed by atoms with van der Waals surface area (Å²) in [5.41, 5.74) is 6.79. The molecule has 1 aromatic heterocycles. The largest absolute Gasteiger partial charge is 0.493 e. The molecule has 0 spiro atoms. The molecule has 1 heterocycles. The topological polar surface area (TPSA) is 81.2 Å². The van der Waals surface area contributed by atoms with Crippen molar-refractivity contribution in [2.24, 2.45) is 0 Å². The lowest BCUT2D eigenvalue weighted by Crippen LogP contribution is -2.02. The highest BCUT2D eigenvalue weighted by molar-refractivity contribution is 5.84. The van der Waals surface area contributed by atoms with Gasteiger partial charge in [-0.25, -0.2) is 18.2 Å². The maximum Gasteiger partial charge on any atom is 0.194 e. The van der Waals surface area contributed by atoms with Crippen LogP contribution in [0.1, 0.15) is 5.56 Å². The fourth-order valence-corrected chi connectivity index (χ4v) is 2.85. The summed E-state index contributed by atoms with van der Waals surface area (Å²) in [6, 6.07) is 10.0. The number of aromatic nitrogens is 1.